The average molecular weight is 381 g/mol. The standard InChI is InChI=1S/C25H23N3O/c29-27-18-10-17-24-19-26-20-28(24)25(21-11-4-1-5-12-21,22-13-6-2-7-14-22)23-15-8-3-9-16-23/h1-9,11-16,18-20,29H,10,17H2. The van der Waals surface area contributed by atoms with Crippen LogP contribution in [0.15, 0.2) is 109 Å². The first-order valence-electron chi connectivity index (χ1n) is 9.71. The highest BCUT2D eigenvalue weighted by molar-refractivity contribution is 5.57. The van der Waals surface area contributed by atoms with E-state index in [9.17, 15) is 0 Å². The van der Waals surface area contributed by atoms with Gasteiger partial charge < -0.3 is 9.77 Å². The lowest BCUT2D eigenvalue weighted by atomic mass is 9.76. The van der Waals surface area contributed by atoms with Gasteiger partial charge in [-0.1, -0.05) is 91.0 Å². The molecule has 0 unspecified atom stereocenters. The molecule has 1 N–H and O–H groups in total. The number of hydrogen-bond donors (Lipinski definition) is 1. The molecule has 3 aromatic carbocycles. The van der Waals surface area contributed by atoms with E-state index in [1.165, 1.54) is 6.21 Å². The van der Waals surface area contributed by atoms with Gasteiger partial charge in [-0.15, -0.1) is 5.16 Å². The fourth-order valence-corrected chi connectivity index (χ4v) is 4.03. The smallest absolute Gasteiger partial charge is 0.121 e. The van der Waals surface area contributed by atoms with Crippen LogP contribution in [0.2, 0.25) is 0 Å². The van der Waals surface area contributed by atoms with Crippen LogP contribution in [0.3, 0.4) is 0 Å². The summed E-state index contributed by atoms with van der Waals surface area (Å²) >= 11 is 0. The molecule has 1 aromatic heterocycles. The predicted octanol–water partition coefficient (Wildman–Crippen LogP) is 5.12. The predicted molar refractivity (Wildman–Crippen MR) is 115 cm³/mol. The number of aryl methyl sites for hydroxylation is 1. The van der Waals surface area contributed by atoms with Crippen molar-refractivity contribution in [1.82, 2.24) is 9.55 Å². The van der Waals surface area contributed by atoms with E-state index in [1.54, 1.807) is 0 Å². The van der Waals surface area contributed by atoms with Crippen molar-refractivity contribution < 1.29 is 5.21 Å². The van der Waals surface area contributed by atoms with Crippen LogP contribution in [-0.4, -0.2) is 21.0 Å². The molecular weight excluding hydrogens is 358 g/mol. The maximum Gasteiger partial charge on any atom is 0.121 e. The molecular formula is C25H23N3O. The van der Waals surface area contributed by atoms with Crippen molar-refractivity contribution in [3.8, 4) is 0 Å². The first-order valence-corrected chi connectivity index (χ1v) is 9.71. The van der Waals surface area contributed by atoms with Crippen molar-refractivity contribution in [1.29, 1.82) is 0 Å². The summed E-state index contributed by atoms with van der Waals surface area (Å²) in [6.45, 7) is 0. The van der Waals surface area contributed by atoms with Gasteiger partial charge in [0, 0.05) is 18.1 Å². The first kappa shape index (κ1) is 18.7. The van der Waals surface area contributed by atoms with Crippen LogP contribution in [0.4, 0.5) is 0 Å². The van der Waals surface area contributed by atoms with E-state index in [-0.39, 0.29) is 0 Å². The van der Waals surface area contributed by atoms with Gasteiger partial charge in [-0.2, -0.15) is 0 Å². The van der Waals surface area contributed by atoms with Gasteiger partial charge in [0.15, 0.2) is 0 Å². The number of rotatable bonds is 7. The van der Waals surface area contributed by atoms with Crippen LogP contribution in [0.25, 0.3) is 0 Å². The summed E-state index contributed by atoms with van der Waals surface area (Å²) in [5, 5.41) is 12.0. The third-order valence-corrected chi connectivity index (χ3v) is 5.26. The maximum atomic E-state index is 8.81. The number of benzene rings is 3. The maximum absolute atomic E-state index is 8.81. The Kier molecular flexibility index (Phi) is 5.52. The van der Waals surface area contributed by atoms with Crippen LogP contribution < -0.4 is 0 Å². The Morgan fingerprint density at radius 1 is 0.793 bits per heavy atom. The van der Waals surface area contributed by atoms with E-state index in [2.05, 4.69) is 87.5 Å². The normalized spacial score (nSPS) is 11.7. The van der Waals surface area contributed by atoms with Gasteiger partial charge in [-0.05, 0) is 29.5 Å². The Morgan fingerprint density at radius 2 is 1.28 bits per heavy atom. The Hall–Kier alpha value is -3.66. The lowest BCUT2D eigenvalue weighted by molar-refractivity contribution is 0.320. The molecule has 0 fully saturated rings. The van der Waals surface area contributed by atoms with Crippen molar-refractivity contribution in [3.05, 3.63) is 126 Å². The second-order valence-electron chi connectivity index (χ2n) is 6.90. The third kappa shape index (κ3) is 3.45. The quantitative estimate of drug-likeness (QED) is 0.209. The molecule has 144 valence electrons. The third-order valence-electron chi connectivity index (χ3n) is 5.26. The molecule has 0 aliphatic rings. The molecule has 4 rings (SSSR count). The Morgan fingerprint density at radius 3 is 1.72 bits per heavy atom. The minimum atomic E-state index is -0.564. The van der Waals surface area contributed by atoms with E-state index in [0.717, 1.165) is 28.8 Å². The highest BCUT2D eigenvalue weighted by atomic mass is 16.4. The number of imidazole rings is 1. The van der Waals surface area contributed by atoms with Crippen LogP contribution >= 0.6 is 0 Å². The molecule has 0 radical (unpaired) electrons. The number of nitrogens with zero attached hydrogens (tertiary/aromatic N) is 3. The van der Waals surface area contributed by atoms with Gasteiger partial charge in [0.2, 0.25) is 0 Å². The lowest BCUT2D eigenvalue weighted by Crippen LogP contribution is -2.38. The molecule has 0 bridgehead atoms. The van der Waals surface area contributed by atoms with Crippen molar-refractivity contribution >= 4 is 6.21 Å². The topological polar surface area (TPSA) is 50.4 Å². The average Bonchev–Trinajstić information content (AvgIpc) is 3.26. The molecule has 4 aromatic rings. The SMILES string of the molecule is ON=CCCc1cncn1C(c1ccccc1)(c1ccccc1)c1ccccc1. The highest BCUT2D eigenvalue weighted by Gasteiger charge is 2.39. The molecule has 4 heteroatoms. The fourth-order valence-electron chi connectivity index (χ4n) is 4.03. The summed E-state index contributed by atoms with van der Waals surface area (Å²) in [6, 6.07) is 31.6. The summed E-state index contributed by atoms with van der Waals surface area (Å²) < 4.78 is 2.25. The second kappa shape index (κ2) is 8.57. The van der Waals surface area contributed by atoms with Gasteiger partial charge in [-0.3, -0.25) is 0 Å². The summed E-state index contributed by atoms with van der Waals surface area (Å²) in [5.74, 6) is 0. The molecule has 29 heavy (non-hydrogen) atoms. The van der Waals surface area contributed by atoms with E-state index < -0.39 is 5.54 Å². The van der Waals surface area contributed by atoms with E-state index >= 15 is 0 Å². The zero-order valence-electron chi connectivity index (χ0n) is 16.1. The summed E-state index contributed by atoms with van der Waals surface area (Å²) in [5.41, 5.74) is 3.99. The van der Waals surface area contributed by atoms with Crippen molar-refractivity contribution in [2.24, 2.45) is 5.16 Å². The van der Waals surface area contributed by atoms with E-state index in [1.807, 2.05) is 30.7 Å². The number of aromatic nitrogens is 2. The first-order chi connectivity index (χ1) is 14.4. The molecule has 0 aliphatic carbocycles. The van der Waals surface area contributed by atoms with Gasteiger partial charge >= 0.3 is 0 Å². The van der Waals surface area contributed by atoms with Crippen LogP contribution in [0.5, 0.6) is 0 Å². The van der Waals surface area contributed by atoms with Gasteiger partial charge in [0.1, 0.15) is 5.54 Å². The highest BCUT2D eigenvalue weighted by Crippen LogP contribution is 2.41. The van der Waals surface area contributed by atoms with E-state index in [4.69, 9.17) is 5.21 Å². The molecule has 4 nitrogen and oxygen atoms in total. The molecule has 0 aliphatic heterocycles. The van der Waals surface area contributed by atoms with Crippen LogP contribution in [-0.2, 0) is 12.0 Å². The molecule has 0 saturated carbocycles. The minimum absolute atomic E-state index is 0.564. The van der Waals surface area contributed by atoms with Crippen molar-refractivity contribution in [2.45, 2.75) is 18.4 Å². The zero-order chi connectivity index (χ0) is 19.9. The molecule has 0 spiro atoms. The largest absolute Gasteiger partial charge is 0.411 e. The molecule has 1 heterocycles. The minimum Gasteiger partial charge on any atom is -0.411 e. The number of oxime groups is 1. The molecule has 0 amide bonds. The van der Waals surface area contributed by atoms with Crippen molar-refractivity contribution in [3.63, 3.8) is 0 Å². The second-order valence-corrected chi connectivity index (χ2v) is 6.90. The van der Waals surface area contributed by atoms with Gasteiger partial charge in [0.25, 0.3) is 0 Å². The fraction of sp³-hybridized carbons (Fsp3) is 0.120. The molecule has 0 saturated heterocycles. The van der Waals surface area contributed by atoms with Gasteiger partial charge in [-0.25, -0.2) is 4.98 Å². The molecule has 0 atom stereocenters. The monoisotopic (exact) mass is 381 g/mol. The lowest BCUT2D eigenvalue weighted by Gasteiger charge is -2.38. The van der Waals surface area contributed by atoms with Gasteiger partial charge in [0.05, 0.1) is 6.33 Å². The Balaban J connectivity index is 2.03. The van der Waals surface area contributed by atoms with E-state index in [0.29, 0.717) is 6.42 Å². The van der Waals surface area contributed by atoms with Crippen LogP contribution in [0, 0.1) is 0 Å². The number of hydrogen-bond acceptors (Lipinski definition) is 3. The van der Waals surface area contributed by atoms with Crippen LogP contribution in [0.1, 0.15) is 28.8 Å². The Labute approximate surface area is 170 Å². The zero-order valence-corrected chi connectivity index (χ0v) is 16.1. The summed E-state index contributed by atoms with van der Waals surface area (Å²) in [6.07, 6.45) is 6.68. The van der Waals surface area contributed by atoms with Crippen molar-refractivity contribution in [2.75, 3.05) is 0 Å². The summed E-state index contributed by atoms with van der Waals surface area (Å²) in [4.78, 5) is 4.50. The summed E-state index contributed by atoms with van der Waals surface area (Å²) in [7, 11) is 0. The Bertz CT molecular complexity index is 960.